The normalized spacial score (nSPS) is 14.8. The summed E-state index contributed by atoms with van der Waals surface area (Å²) in [6, 6.07) is 0. The summed E-state index contributed by atoms with van der Waals surface area (Å²) >= 11 is 0. The maximum Gasteiger partial charge on any atom is 0.333 e. The van der Waals surface area contributed by atoms with E-state index < -0.39 is 0 Å². The van der Waals surface area contributed by atoms with Crippen molar-refractivity contribution in [2.24, 2.45) is 5.92 Å². The van der Waals surface area contributed by atoms with Gasteiger partial charge in [-0.1, -0.05) is 19.8 Å². The van der Waals surface area contributed by atoms with Crippen LogP contribution in [0.15, 0.2) is 0 Å². The minimum Gasteiger partial charge on any atom is -0.365 e. The quantitative estimate of drug-likeness (QED) is 0.598. The summed E-state index contributed by atoms with van der Waals surface area (Å²) < 4.78 is 1.72. The topological polar surface area (TPSA) is 73.0 Å². The zero-order valence-electron chi connectivity index (χ0n) is 11.0. The predicted molar refractivity (Wildman–Crippen MR) is 69.7 cm³/mol. The number of nitro groups is 1. The average molecular weight is 252 g/mol. The molecule has 0 saturated heterocycles. The molecule has 0 bridgehead atoms. The second-order valence-electron chi connectivity index (χ2n) is 4.92. The van der Waals surface area contributed by atoms with E-state index in [9.17, 15) is 10.1 Å². The van der Waals surface area contributed by atoms with E-state index in [0.717, 1.165) is 25.3 Å². The summed E-state index contributed by atoms with van der Waals surface area (Å²) in [5, 5.41) is 18.5. The molecule has 0 radical (unpaired) electrons. The van der Waals surface area contributed by atoms with Crippen molar-refractivity contribution in [1.82, 2.24) is 9.78 Å². The molecule has 1 aliphatic carbocycles. The molecule has 100 valence electrons. The van der Waals surface area contributed by atoms with Gasteiger partial charge in [-0.25, -0.2) is 4.68 Å². The second-order valence-corrected chi connectivity index (χ2v) is 4.92. The summed E-state index contributed by atoms with van der Waals surface area (Å²) in [5.74, 6) is 1.39. The standard InChI is InChI=1S/C12H20N4O2/c1-3-8-15-12(13-7-6-10-4-5-10)11(16(17)18)9(2)14-15/h10,13H,3-8H2,1-2H3. The molecule has 1 heterocycles. The van der Waals surface area contributed by atoms with Gasteiger partial charge in [-0.05, 0) is 25.7 Å². The summed E-state index contributed by atoms with van der Waals surface area (Å²) in [5.41, 5.74) is 0.613. The summed E-state index contributed by atoms with van der Waals surface area (Å²) in [6.45, 7) is 5.23. The summed E-state index contributed by atoms with van der Waals surface area (Å²) in [6.07, 6.45) is 4.61. The van der Waals surface area contributed by atoms with Crippen molar-refractivity contribution in [2.45, 2.75) is 46.1 Å². The molecule has 1 aliphatic rings. The fraction of sp³-hybridized carbons (Fsp3) is 0.750. The highest BCUT2D eigenvalue weighted by molar-refractivity contribution is 5.59. The molecule has 6 heteroatoms. The third-order valence-corrected chi connectivity index (χ3v) is 3.26. The van der Waals surface area contributed by atoms with Gasteiger partial charge in [-0.2, -0.15) is 5.10 Å². The lowest BCUT2D eigenvalue weighted by molar-refractivity contribution is -0.384. The van der Waals surface area contributed by atoms with Crippen LogP contribution in [0.4, 0.5) is 11.5 Å². The molecule has 1 N–H and O–H groups in total. The molecule has 1 fully saturated rings. The summed E-state index contributed by atoms with van der Waals surface area (Å²) in [7, 11) is 0. The Morgan fingerprint density at radius 2 is 2.28 bits per heavy atom. The van der Waals surface area contributed by atoms with Crippen molar-refractivity contribution in [2.75, 3.05) is 11.9 Å². The highest BCUT2D eigenvalue weighted by Gasteiger charge is 2.26. The Bertz CT molecular complexity index is 438. The van der Waals surface area contributed by atoms with Crippen LogP contribution in [0.2, 0.25) is 0 Å². The Morgan fingerprint density at radius 1 is 1.56 bits per heavy atom. The number of hydrogen-bond donors (Lipinski definition) is 1. The van der Waals surface area contributed by atoms with Crippen molar-refractivity contribution in [3.63, 3.8) is 0 Å². The molecule has 0 amide bonds. The third kappa shape index (κ3) is 2.80. The smallest absolute Gasteiger partial charge is 0.333 e. The van der Waals surface area contributed by atoms with Crippen LogP contribution in [-0.4, -0.2) is 21.2 Å². The maximum atomic E-state index is 11.1. The van der Waals surface area contributed by atoms with E-state index in [1.807, 2.05) is 6.92 Å². The van der Waals surface area contributed by atoms with Crippen LogP contribution < -0.4 is 5.32 Å². The molecule has 1 saturated carbocycles. The molecule has 6 nitrogen and oxygen atoms in total. The lowest BCUT2D eigenvalue weighted by atomic mass is 10.3. The highest BCUT2D eigenvalue weighted by atomic mass is 16.6. The molecular formula is C12H20N4O2. The van der Waals surface area contributed by atoms with Crippen LogP contribution in [0, 0.1) is 23.0 Å². The number of nitrogens with one attached hydrogen (secondary N) is 1. The molecule has 18 heavy (non-hydrogen) atoms. The first-order chi connectivity index (χ1) is 8.63. The van der Waals surface area contributed by atoms with Crippen LogP contribution >= 0.6 is 0 Å². The van der Waals surface area contributed by atoms with E-state index in [-0.39, 0.29) is 10.6 Å². The van der Waals surface area contributed by atoms with E-state index in [1.165, 1.54) is 12.8 Å². The third-order valence-electron chi connectivity index (χ3n) is 3.26. The van der Waals surface area contributed by atoms with Crippen molar-refractivity contribution >= 4 is 11.5 Å². The number of aromatic nitrogens is 2. The Balaban J connectivity index is 2.13. The van der Waals surface area contributed by atoms with Gasteiger partial charge in [-0.3, -0.25) is 10.1 Å². The van der Waals surface area contributed by atoms with Crippen LogP contribution in [0.3, 0.4) is 0 Å². The molecule has 2 rings (SSSR count). The predicted octanol–water partition coefficient (Wildman–Crippen LogP) is 2.72. The first-order valence-electron chi connectivity index (χ1n) is 6.59. The number of nitrogens with zero attached hydrogens (tertiary/aromatic N) is 3. The fourth-order valence-corrected chi connectivity index (χ4v) is 2.14. The van der Waals surface area contributed by atoms with Crippen LogP contribution in [0.5, 0.6) is 0 Å². The van der Waals surface area contributed by atoms with E-state index in [1.54, 1.807) is 11.6 Å². The Morgan fingerprint density at radius 3 is 2.83 bits per heavy atom. The number of aryl methyl sites for hydroxylation is 2. The fourth-order valence-electron chi connectivity index (χ4n) is 2.14. The minimum absolute atomic E-state index is 0.124. The molecule has 1 aromatic rings. The average Bonchev–Trinajstić information content (AvgIpc) is 3.05. The van der Waals surface area contributed by atoms with Crippen molar-refractivity contribution in [1.29, 1.82) is 0 Å². The monoisotopic (exact) mass is 252 g/mol. The summed E-state index contributed by atoms with van der Waals surface area (Å²) in [4.78, 5) is 10.7. The van der Waals surface area contributed by atoms with E-state index in [0.29, 0.717) is 18.1 Å². The van der Waals surface area contributed by atoms with E-state index >= 15 is 0 Å². The first-order valence-corrected chi connectivity index (χ1v) is 6.59. The molecule has 0 unspecified atom stereocenters. The number of rotatable bonds is 7. The molecule has 0 spiro atoms. The van der Waals surface area contributed by atoms with Crippen LogP contribution in [0.1, 0.15) is 38.3 Å². The van der Waals surface area contributed by atoms with Gasteiger partial charge in [0, 0.05) is 13.1 Å². The van der Waals surface area contributed by atoms with Crippen LogP contribution in [0.25, 0.3) is 0 Å². The van der Waals surface area contributed by atoms with Gasteiger partial charge in [0.15, 0.2) is 0 Å². The van der Waals surface area contributed by atoms with Gasteiger partial charge in [-0.15, -0.1) is 0 Å². The molecule has 1 aromatic heterocycles. The molecular weight excluding hydrogens is 232 g/mol. The van der Waals surface area contributed by atoms with Crippen molar-refractivity contribution in [3.8, 4) is 0 Å². The van der Waals surface area contributed by atoms with Gasteiger partial charge in [0.1, 0.15) is 5.69 Å². The molecule has 0 aliphatic heterocycles. The zero-order chi connectivity index (χ0) is 13.1. The highest BCUT2D eigenvalue weighted by Crippen LogP contribution is 2.33. The van der Waals surface area contributed by atoms with Gasteiger partial charge in [0.05, 0.1) is 4.92 Å². The lowest BCUT2D eigenvalue weighted by Gasteiger charge is -2.07. The largest absolute Gasteiger partial charge is 0.365 e. The Labute approximate surface area is 107 Å². The van der Waals surface area contributed by atoms with Crippen molar-refractivity contribution in [3.05, 3.63) is 15.8 Å². The lowest BCUT2D eigenvalue weighted by Crippen LogP contribution is -2.10. The van der Waals surface area contributed by atoms with E-state index in [2.05, 4.69) is 10.4 Å². The minimum atomic E-state index is -0.339. The van der Waals surface area contributed by atoms with Gasteiger partial charge in [0.2, 0.25) is 5.82 Å². The number of anilines is 1. The number of hydrogen-bond acceptors (Lipinski definition) is 4. The molecule has 0 aromatic carbocycles. The first kappa shape index (κ1) is 12.9. The second kappa shape index (κ2) is 5.37. The van der Waals surface area contributed by atoms with Gasteiger partial charge in [0.25, 0.3) is 0 Å². The zero-order valence-corrected chi connectivity index (χ0v) is 11.0. The van der Waals surface area contributed by atoms with Gasteiger partial charge < -0.3 is 5.32 Å². The van der Waals surface area contributed by atoms with Crippen LogP contribution in [-0.2, 0) is 6.54 Å². The Kier molecular flexibility index (Phi) is 3.84. The maximum absolute atomic E-state index is 11.1. The van der Waals surface area contributed by atoms with Crippen molar-refractivity contribution < 1.29 is 4.92 Å². The molecule has 0 atom stereocenters. The van der Waals surface area contributed by atoms with Gasteiger partial charge >= 0.3 is 5.69 Å². The van der Waals surface area contributed by atoms with E-state index in [4.69, 9.17) is 0 Å². The SMILES string of the molecule is CCCn1nc(C)c([N+](=O)[O-])c1NCCC1CC1. The Hall–Kier alpha value is -1.59.